The van der Waals surface area contributed by atoms with Crippen LogP contribution in [0, 0.1) is 31.6 Å². The lowest BCUT2D eigenvalue weighted by molar-refractivity contribution is -0.394. The van der Waals surface area contributed by atoms with Crippen LogP contribution in [0.25, 0.3) is 0 Å². The highest BCUT2D eigenvalue weighted by atomic mass is 16.6. The second-order valence-corrected chi connectivity index (χ2v) is 2.16. The zero-order valence-corrected chi connectivity index (χ0v) is 7.32. The van der Waals surface area contributed by atoms with Crippen molar-refractivity contribution < 1.29 is 9.85 Å². The molecule has 0 spiro atoms. The van der Waals surface area contributed by atoms with Crippen molar-refractivity contribution in [3.05, 3.63) is 20.2 Å². The lowest BCUT2D eigenvalue weighted by atomic mass is 10.7. The van der Waals surface area contributed by atoms with Gasteiger partial charge in [0.2, 0.25) is 0 Å². The van der Waals surface area contributed by atoms with Crippen LogP contribution < -0.4 is 5.43 Å². The Morgan fingerprint density at radius 2 is 2.25 bits per heavy atom. The molecule has 0 bridgehead atoms. The lowest BCUT2D eigenvalue weighted by Crippen LogP contribution is -2.11. The van der Waals surface area contributed by atoms with Crippen LogP contribution >= 0.6 is 0 Å². The number of nitriles is 1. The van der Waals surface area contributed by atoms with E-state index in [2.05, 4.69) is 15.2 Å². The fourth-order valence-corrected chi connectivity index (χ4v) is 0.595. The zero-order valence-electron chi connectivity index (χ0n) is 7.32. The van der Waals surface area contributed by atoms with Gasteiger partial charge < -0.3 is 20.2 Å². The molecule has 82 valence electrons. The van der Waals surface area contributed by atoms with Gasteiger partial charge in [-0.1, -0.05) is 5.10 Å². The predicted octanol–water partition coefficient (Wildman–Crippen LogP) is -0.761. The number of aromatic amines is 1. The first-order valence-corrected chi connectivity index (χ1v) is 3.49. The normalized spacial score (nSPS) is 10.6. The summed E-state index contributed by atoms with van der Waals surface area (Å²) in [6.45, 7) is 0. The van der Waals surface area contributed by atoms with Crippen LogP contribution in [0.5, 0.6) is 0 Å². The zero-order chi connectivity index (χ0) is 12.1. The van der Waals surface area contributed by atoms with E-state index >= 15 is 0 Å². The minimum absolute atomic E-state index is 0.360. The van der Waals surface area contributed by atoms with E-state index in [1.807, 2.05) is 10.5 Å². The highest BCUT2D eigenvalue weighted by molar-refractivity contribution is 5.89. The van der Waals surface area contributed by atoms with Gasteiger partial charge in [0, 0.05) is 0 Å². The molecule has 0 aliphatic carbocycles. The number of hydrogen-bond donors (Lipinski definition) is 2. The molecule has 0 fully saturated rings. The molecule has 16 heavy (non-hydrogen) atoms. The van der Waals surface area contributed by atoms with Crippen LogP contribution in [0.2, 0.25) is 0 Å². The van der Waals surface area contributed by atoms with Crippen LogP contribution in [-0.4, -0.2) is 30.9 Å². The number of H-pyrrole nitrogens is 1. The van der Waals surface area contributed by atoms with E-state index in [0.29, 0.717) is 0 Å². The van der Waals surface area contributed by atoms with E-state index in [4.69, 9.17) is 5.26 Å². The Morgan fingerprint density at radius 1 is 1.56 bits per heavy atom. The highest BCUT2D eigenvalue weighted by Crippen LogP contribution is 2.04. The van der Waals surface area contributed by atoms with Crippen molar-refractivity contribution in [3.8, 4) is 6.07 Å². The molecule has 0 amide bonds. The molecule has 0 aromatic carbocycles. The number of nitro groups is 2. The predicted molar refractivity (Wildman–Crippen MR) is 46.7 cm³/mol. The first-order valence-electron chi connectivity index (χ1n) is 3.49. The largest absolute Gasteiger partial charge is 0.466 e. The molecular formula is C4H2N8O4. The summed E-state index contributed by atoms with van der Waals surface area (Å²) in [4.78, 5) is 21.7. The third kappa shape index (κ3) is 2.45. The van der Waals surface area contributed by atoms with Crippen LogP contribution in [0.4, 0.5) is 11.9 Å². The van der Waals surface area contributed by atoms with Crippen molar-refractivity contribution in [3.63, 3.8) is 0 Å². The van der Waals surface area contributed by atoms with Crippen molar-refractivity contribution in [1.82, 2.24) is 15.2 Å². The van der Waals surface area contributed by atoms with Crippen molar-refractivity contribution >= 4 is 17.7 Å². The number of aromatic nitrogens is 3. The van der Waals surface area contributed by atoms with Crippen molar-refractivity contribution in [2.24, 2.45) is 5.10 Å². The molecule has 0 atom stereocenters. The van der Waals surface area contributed by atoms with Gasteiger partial charge in [-0.3, -0.25) is 0 Å². The average Bonchev–Trinajstić information content (AvgIpc) is 2.67. The Balaban J connectivity index is 2.78. The summed E-state index contributed by atoms with van der Waals surface area (Å²) in [5.41, 5.74) is 1.92. The number of nitrogens with one attached hydrogen (secondary N) is 2. The summed E-state index contributed by atoms with van der Waals surface area (Å²) >= 11 is 0. The van der Waals surface area contributed by atoms with E-state index in [-0.39, 0.29) is 5.95 Å². The molecule has 1 heterocycles. The third-order valence-corrected chi connectivity index (χ3v) is 1.18. The maximum Gasteiger partial charge on any atom is 0.466 e. The van der Waals surface area contributed by atoms with Crippen molar-refractivity contribution in [1.29, 1.82) is 5.26 Å². The summed E-state index contributed by atoms with van der Waals surface area (Å²) in [5.74, 6) is -2.04. The summed E-state index contributed by atoms with van der Waals surface area (Å²) in [5, 5.41) is 36.8. The molecule has 1 rings (SSSR count). The highest BCUT2D eigenvalue weighted by Gasteiger charge is 2.17. The minimum atomic E-state index is -1.03. The molecule has 0 saturated carbocycles. The number of rotatable bonds is 3. The second kappa shape index (κ2) is 4.41. The minimum Gasteiger partial charge on any atom is -0.390 e. The van der Waals surface area contributed by atoms with Gasteiger partial charge in [-0.05, 0) is 14.8 Å². The number of hydrogen-bond acceptors (Lipinski definition) is 9. The summed E-state index contributed by atoms with van der Waals surface area (Å²) in [7, 11) is 0. The smallest absolute Gasteiger partial charge is 0.390 e. The van der Waals surface area contributed by atoms with Gasteiger partial charge in [0.15, 0.2) is 6.07 Å². The summed E-state index contributed by atoms with van der Waals surface area (Å²) < 4.78 is 0. The van der Waals surface area contributed by atoms with E-state index in [9.17, 15) is 20.2 Å². The van der Waals surface area contributed by atoms with Gasteiger partial charge in [0.05, 0.1) is 5.10 Å². The maximum absolute atomic E-state index is 10.2. The maximum atomic E-state index is 10.2. The molecule has 0 saturated heterocycles. The Morgan fingerprint density at radius 3 is 2.69 bits per heavy atom. The standard InChI is InChI=1S/C4H2N8O4/c5-1-2(11(13)14)7-8-3-6-4(10-9-3)12(15)16/h(H2,6,8,9,10)/b7-2+. The van der Waals surface area contributed by atoms with Gasteiger partial charge in [0.1, 0.15) is 0 Å². The number of nitrogens with zero attached hydrogens (tertiary/aromatic N) is 6. The molecule has 1 aromatic heterocycles. The Hall–Kier alpha value is -3.10. The van der Waals surface area contributed by atoms with E-state index in [0.717, 1.165) is 0 Å². The molecule has 0 radical (unpaired) electrons. The second-order valence-electron chi connectivity index (χ2n) is 2.16. The van der Waals surface area contributed by atoms with Crippen LogP contribution in [-0.2, 0) is 0 Å². The fourth-order valence-electron chi connectivity index (χ4n) is 0.595. The third-order valence-electron chi connectivity index (χ3n) is 1.18. The van der Waals surface area contributed by atoms with E-state index < -0.39 is 21.6 Å². The molecular weight excluding hydrogens is 224 g/mol. The number of hydrazone groups is 1. The van der Waals surface area contributed by atoms with Crippen molar-refractivity contribution in [2.75, 3.05) is 5.43 Å². The van der Waals surface area contributed by atoms with Gasteiger partial charge in [-0.15, -0.1) is 10.5 Å². The fraction of sp³-hybridized carbons (Fsp3) is 0. The average molecular weight is 226 g/mol. The Bertz CT molecular complexity index is 496. The molecule has 2 N–H and O–H groups in total. The Labute approximate surface area is 85.9 Å². The summed E-state index contributed by atoms with van der Waals surface area (Å²) in [6.07, 6.45) is 0. The van der Waals surface area contributed by atoms with Crippen LogP contribution in [0.1, 0.15) is 0 Å². The quantitative estimate of drug-likeness (QED) is 0.292. The molecule has 0 unspecified atom stereocenters. The Kier molecular flexibility index (Phi) is 3.03. The van der Waals surface area contributed by atoms with E-state index in [1.165, 1.54) is 6.07 Å². The van der Waals surface area contributed by atoms with Crippen LogP contribution in [0.15, 0.2) is 5.10 Å². The van der Waals surface area contributed by atoms with Gasteiger partial charge >= 0.3 is 17.7 Å². The molecule has 0 aliphatic rings. The van der Waals surface area contributed by atoms with Crippen LogP contribution in [0.3, 0.4) is 0 Å². The lowest BCUT2D eigenvalue weighted by Gasteiger charge is -1.85. The van der Waals surface area contributed by atoms with Gasteiger partial charge in [-0.2, -0.15) is 5.26 Å². The number of anilines is 1. The molecule has 12 nitrogen and oxygen atoms in total. The van der Waals surface area contributed by atoms with Gasteiger partial charge in [-0.25, -0.2) is 0 Å². The SMILES string of the molecule is N#C/C(=N\Nc1n[nH]c([N+](=O)[O-])n1)[N+](=O)[O-]. The molecule has 12 heteroatoms. The molecule has 1 aromatic rings. The molecule has 0 aliphatic heterocycles. The van der Waals surface area contributed by atoms with Gasteiger partial charge in [0.25, 0.3) is 0 Å². The van der Waals surface area contributed by atoms with Crippen molar-refractivity contribution in [2.45, 2.75) is 0 Å². The topological polar surface area (TPSA) is 176 Å². The van der Waals surface area contributed by atoms with E-state index in [1.54, 1.807) is 0 Å². The first-order chi connectivity index (χ1) is 7.54. The number of amidine groups is 1. The first kappa shape index (κ1) is 11.0. The monoisotopic (exact) mass is 226 g/mol. The summed E-state index contributed by atoms with van der Waals surface area (Å²) in [6, 6.07) is 1.19.